The van der Waals surface area contributed by atoms with Crippen LogP contribution < -0.4 is 16.6 Å². The Labute approximate surface area is 184 Å². The quantitative estimate of drug-likeness (QED) is 0.540. The number of anilines is 1. The van der Waals surface area contributed by atoms with E-state index in [1.807, 2.05) is 13.8 Å². The van der Waals surface area contributed by atoms with E-state index >= 15 is 0 Å². The Hall–Kier alpha value is -3.66. The zero-order valence-electron chi connectivity index (χ0n) is 17.5. The van der Waals surface area contributed by atoms with E-state index in [0.29, 0.717) is 18.5 Å². The second-order valence-corrected chi connectivity index (χ2v) is 9.57. The first-order valence-electron chi connectivity index (χ1n) is 10.0. The number of aromatic nitrogens is 1. The number of aryl methyl sites for hydroxylation is 1. The fourth-order valence-electron chi connectivity index (χ4n) is 3.64. The summed E-state index contributed by atoms with van der Waals surface area (Å²) >= 11 is 0. The van der Waals surface area contributed by atoms with Gasteiger partial charge in [0, 0.05) is 17.5 Å². The van der Waals surface area contributed by atoms with Crippen LogP contribution in [0.4, 0.5) is 5.69 Å². The molecular formula is C22H22N4O5S. The molecule has 3 aromatic rings. The predicted molar refractivity (Wildman–Crippen MR) is 122 cm³/mol. The Morgan fingerprint density at radius 1 is 1.22 bits per heavy atom. The van der Waals surface area contributed by atoms with Gasteiger partial charge >= 0.3 is 0 Å². The molecule has 10 heteroatoms. The van der Waals surface area contributed by atoms with Gasteiger partial charge in [-0.25, -0.2) is 0 Å². The number of carbonyl (C=O) groups is 1. The molecule has 0 spiro atoms. The SMILES string of the molecule is CC(C)CCn1c(=O)c(C2=NS(=O)(=O)c3ccccc3N2)c(O)c2cc(C(N)=O)ccc21. The first-order valence-corrected chi connectivity index (χ1v) is 11.4. The Morgan fingerprint density at radius 3 is 2.62 bits per heavy atom. The molecule has 1 aliphatic rings. The van der Waals surface area contributed by atoms with Gasteiger partial charge in [-0.1, -0.05) is 26.0 Å². The van der Waals surface area contributed by atoms with E-state index in [-0.39, 0.29) is 38.8 Å². The molecule has 32 heavy (non-hydrogen) atoms. The molecule has 1 aliphatic heterocycles. The predicted octanol–water partition coefficient (Wildman–Crippen LogP) is 2.41. The van der Waals surface area contributed by atoms with Crippen molar-refractivity contribution in [3.63, 3.8) is 0 Å². The van der Waals surface area contributed by atoms with Crippen molar-refractivity contribution in [1.82, 2.24) is 4.57 Å². The maximum absolute atomic E-state index is 13.5. The van der Waals surface area contributed by atoms with Crippen molar-refractivity contribution < 1.29 is 18.3 Å². The van der Waals surface area contributed by atoms with Gasteiger partial charge in [0.1, 0.15) is 16.2 Å². The van der Waals surface area contributed by atoms with Gasteiger partial charge in [0.05, 0.1) is 11.2 Å². The smallest absolute Gasteiger partial charge is 0.286 e. The molecule has 9 nitrogen and oxygen atoms in total. The number of hydrogen-bond acceptors (Lipinski definition) is 6. The van der Waals surface area contributed by atoms with Crippen LogP contribution in [0.2, 0.25) is 0 Å². The number of nitrogens with zero attached hydrogens (tertiary/aromatic N) is 2. The van der Waals surface area contributed by atoms with Crippen molar-refractivity contribution in [2.45, 2.75) is 31.7 Å². The van der Waals surface area contributed by atoms with Gasteiger partial charge in [0.25, 0.3) is 15.6 Å². The molecule has 1 amide bonds. The average Bonchev–Trinajstić information content (AvgIpc) is 2.73. The molecule has 0 bridgehead atoms. The van der Waals surface area contributed by atoms with E-state index in [2.05, 4.69) is 9.71 Å². The van der Waals surface area contributed by atoms with Crippen LogP contribution in [0.25, 0.3) is 10.9 Å². The van der Waals surface area contributed by atoms with Crippen molar-refractivity contribution >= 4 is 38.4 Å². The monoisotopic (exact) mass is 454 g/mol. The normalized spacial score (nSPS) is 14.7. The fourth-order valence-corrected chi connectivity index (χ4v) is 4.76. The number of primary amides is 1. The van der Waals surface area contributed by atoms with Crippen molar-refractivity contribution in [3.8, 4) is 5.75 Å². The van der Waals surface area contributed by atoms with Gasteiger partial charge in [-0.05, 0) is 42.7 Å². The van der Waals surface area contributed by atoms with Crippen molar-refractivity contribution in [2.75, 3.05) is 5.32 Å². The highest BCUT2D eigenvalue weighted by Crippen LogP contribution is 2.32. The highest BCUT2D eigenvalue weighted by molar-refractivity contribution is 7.90. The molecule has 2 heterocycles. The Morgan fingerprint density at radius 2 is 1.94 bits per heavy atom. The van der Waals surface area contributed by atoms with Crippen molar-refractivity contribution in [1.29, 1.82) is 0 Å². The molecule has 0 fully saturated rings. The number of sulfonamides is 1. The number of rotatable bonds is 5. The molecule has 166 valence electrons. The molecule has 0 unspecified atom stereocenters. The van der Waals surface area contributed by atoms with Crippen molar-refractivity contribution in [3.05, 3.63) is 63.9 Å². The third-order valence-electron chi connectivity index (χ3n) is 5.32. The van der Waals surface area contributed by atoms with E-state index in [4.69, 9.17) is 5.73 Å². The summed E-state index contributed by atoms with van der Waals surface area (Å²) in [5.74, 6) is -1.17. The number of aromatic hydroxyl groups is 1. The molecule has 0 saturated heterocycles. The van der Waals surface area contributed by atoms with Crippen LogP contribution in [0.3, 0.4) is 0 Å². The Balaban J connectivity index is 2.02. The third-order valence-corrected chi connectivity index (χ3v) is 6.65. The topological polar surface area (TPSA) is 144 Å². The second kappa shape index (κ2) is 7.79. The van der Waals surface area contributed by atoms with Crippen molar-refractivity contribution in [2.24, 2.45) is 16.0 Å². The Bertz CT molecular complexity index is 1460. The lowest BCUT2D eigenvalue weighted by Crippen LogP contribution is -2.33. The lowest BCUT2D eigenvalue weighted by atomic mass is 10.0. The number of nitrogens with two attached hydrogens (primary N) is 1. The lowest BCUT2D eigenvalue weighted by molar-refractivity contribution is 0.100. The number of fused-ring (bicyclic) bond motifs is 2. The summed E-state index contributed by atoms with van der Waals surface area (Å²) in [4.78, 5) is 25.1. The minimum Gasteiger partial charge on any atom is -0.506 e. The van der Waals surface area contributed by atoms with E-state index in [0.717, 1.165) is 0 Å². The molecule has 1 aromatic heterocycles. The van der Waals surface area contributed by atoms with Crippen LogP contribution in [-0.2, 0) is 16.6 Å². The summed E-state index contributed by atoms with van der Waals surface area (Å²) in [5, 5.41) is 14.1. The number of pyridine rings is 1. The summed E-state index contributed by atoms with van der Waals surface area (Å²) in [6, 6.07) is 10.6. The molecule has 2 aromatic carbocycles. The summed E-state index contributed by atoms with van der Waals surface area (Å²) in [6.07, 6.45) is 0.665. The summed E-state index contributed by atoms with van der Waals surface area (Å²) in [6.45, 7) is 4.35. The zero-order valence-corrected chi connectivity index (χ0v) is 18.3. The zero-order chi connectivity index (χ0) is 23.2. The fraction of sp³-hybridized carbons (Fsp3) is 0.227. The Kier molecular flexibility index (Phi) is 5.25. The minimum absolute atomic E-state index is 0.0276. The number of para-hydroxylation sites is 1. The van der Waals surface area contributed by atoms with Crippen LogP contribution in [0.15, 0.2) is 56.6 Å². The number of benzene rings is 2. The number of hydrogen-bond donors (Lipinski definition) is 3. The maximum Gasteiger partial charge on any atom is 0.286 e. The van der Waals surface area contributed by atoms with Gasteiger partial charge in [0.15, 0.2) is 5.84 Å². The van der Waals surface area contributed by atoms with Crippen LogP contribution in [-0.4, -0.2) is 29.8 Å². The summed E-state index contributed by atoms with van der Waals surface area (Å²) in [7, 11) is -4.09. The standard InChI is InChI=1S/C22H22N4O5S/c1-12(2)9-10-26-16-8-7-13(20(23)28)11-14(16)19(27)18(22(26)29)21-24-15-5-3-4-6-17(15)32(30,31)25-21/h3-8,11-12,27H,9-10H2,1-2H3,(H2,23,28)(H,24,25). The third kappa shape index (κ3) is 3.62. The molecule has 0 saturated carbocycles. The molecule has 0 radical (unpaired) electrons. The molecule has 4 rings (SSSR count). The van der Waals surface area contributed by atoms with Gasteiger partial charge < -0.3 is 20.7 Å². The van der Waals surface area contributed by atoms with Crippen LogP contribution in [0, 0.1) is 5.92 Å². The molecule has 0 atom stereocenters. The second-order valence-electron chi connectivity index (χ2n) is 8.00. The highest BCUT2D eigenvalue weighted by Gasteiger charge is 2.29. The summed E-state index contributed by atoms with van der Waals surface area (Å²) < 4.78 is 30.6. The largest absolute Gasteiger partial charge is 0.506 e. The van der Waals surface area contributed by atoms with E-state index in [1.54, 1.807) is 24.3 Å². The maximum atomic E-state index is 13.5. The van der Waals surface area contributed by atoms with E-state index in [1.165, 1.54) is 22.8 Å². The number of carbonyl (C=O) groups excluding carboxylic acids is 1. The average molecular weight is 455 g/mol. The summed E-state index contributed by atoms with van der Waals surface area (Å²) in [5.41, 5.74) is 5.29. The number of amides is 1. The first kappa shape index (κ1) is 21.6. The van der Waals surface area contributed by atoms with Gasteiger partial charge in [-0.15, -0.1) is 4.40 Å². The molecule has 4 N–H and O–H groups in total. The number of amidine groups is 1. The molecular weight excluding hydrogens is 432 g/mol. The first-order chi connectivity index (χ1) is 15.1. The molecule has 0 aliphatic carbocycles. The van der Waals surface area contributed by atoms with Crippen LogP contribution in [0.1, 0.15) is 36.2 Å². The number of nitrogens with one attached hydrogen (secondary N) is 1. The van der Waals surface area contributed by atoms with E-state index < -0.39 is 27.2 Å². The van der Waals surface area contributed by atoms with Crippen LogP contribution in [0.5, 0.6) is 5.75 Å². The van der Waals surface area contributed by atoms with Crippen LogP contribution >= 0.6 is 0 Å². The van der Waals surface area contributed by atoms with E-state index in [9.17, 15) is 23.1 Å². The highest BCUT2D eigenvalue weighted by atomic mass is 32.2. The lowest BCUT2D eigenvalue weighted by Gasteiger charge is -2.21. The minimum atomic E-state index is -4.09. The van der Waals surface area contributed by atoms with Gasteiger partial charge in [0.2, 0.25) is 5.91 Å². The van der Waals surface area contributed by atoms with Gasteiger partial charge in [-0.2, -0.15) is 8.42 Å². The van der Waals surface area contributed by atoms with Gasteiger partial charge in [-0.3, -0.25) is 9.59 Å².